The first-order valence-corrected chi connectivity index (χ1v) is 6.92. The molecule has 0 aromatic carbocycles. The lowest BCUT2D eigenvalue weighted by molar-refractivity contribution is -0.144. The number of Topliss-reactive ketones (excluding diaryl/α,β-unsaturated/α-hetero) is 1. The van der Waals surface area contributed by atoms with E-state index in [4.69, 9.17) is 0 Å². The van der Waals surface area contributed by atoms with Gasteiger partial charge in [0.15, 0.2) is 0 Å². The number of hydrogen-bond donors (Lipinski definition) is 1. The summed E-state index contributed by atoms with van der Waals surface area (Å²) < 4.78 is 0. The van der Waals surface area contributed by atoms with Gasteiger partial charge < -0.3 is 5.11 Å². The van der Waals surface area contributed by atoms with E-state index >= 15 is 0 Å². The van der Waals surface area contributed by atoms with Gasteiger partial charge in [0.25, 0.3) is 0 Å². The molecule has 1 N–H and O–H groups in total. The lowest BCUT2D eigenvalue weighted by Gasteiger charge is -2.50. The van der Waals surface area contributed by atoms with Crippen molar-refractivity contribution < 1.29 is 9.90 Å². The highest BCUT2D eigenvalue weighted by Gasteiger charge is 2.50. The van der Waals surface area contributed by atoms with Crippen LogP contribution in [0.3, 0.4) is 0 Å². The molecule has 96 valence electrons. The van der Waals surface area contributed by atoms with Crippen molar-refractivity contribution in [3.05, 3.63) is 12.7 Å². The molecule has 0 aromatic heterocycles. The minimum atomic E-state index is -0.209. The first-order valence-electron chi connectivity index (χ1n) is 6.92. The lowest BCUT2D eigenvalue weighted by Crippen LogP contribution is -2.50. The predicted octanol–water partition coefficient (Wildman–Crippen LogP) is 3.10. The van der Waals surface area contributed by atoms with E-state index in [-0.39, 0.29) is 11.5 Å². The molecule has 2 rings (SSSR count). The molecule has 17 heavy (non-hydrogen) atoms. The van der Waals surface area contributed by atoms with Crippen LogP contribution < -0.4 is 0 Å². The molecule has 2 fully saturated rings. The summed E-state index contributed by atoms with van der Waals surface area (Å²) in [5.41, 5.74) is -0.149. The molecule has 0 aliphatic heterocycles. The van der Waals surface area contributed by atoms with E-state index in [1.165, 1.54) is 0 Å². The average Bonchev–Trinajstić information content (AvgIpc) is 2.31. The van der Waals surface area contributed by atoms with Gasteiger partial charge in [-0.05, 0) is 50.4 Å². The number of hydrogen-bond acceptors (Lipinski definition) is 2. The normalized spacial score (nSPS) is 42.0. The summed E-state index contributed by atoms with van der Waals surface area (Å²) in [5.74, 6) is 1.13. The molecule has 4 atom stereocenters. The molecule has 2 saturated carbocycles. The summed E-state index contributed by atoms with van der Waals surface area (Å²) in [7, 11) is 0. The Morgan fingerprint density at radius 2 is 2.29 bits per heavy atom. The fourth-order valence-electron chi connectivity index (χ4n) is 3.94. The second kappa shape index (κ2) is 4.93. The molecule has 0 bridgehead atoms. The molecule has 0 unspecified atom stereocenters. The highest BCUT2D eigenvalue weighted by Crippen LogP contribution is 2.51. The number of aliphatic hydroxyl groups is 1. The first-order chi connectivity index (χ1) is 8.09. The molecule has 0 radical (unpaired) electrons. The summed E-state index contributed by atoms with van der Waals surface area (Å²) in [6, 6.07) is 0. The van der Waals surface area contributed by atoms with Crippen LogP contribution in [-0.4, -0.2) is 17.0 Å². The Hall–Kier alpha value is -0.630. The van der Waals surface area contributed by atoms with Crippen LogP contribution in [0.4, 0.5) is 0 Å². The number of ketones is 1. The fraction of sp³-hybridized carbons (Fsp3) is 0.800. The predicted molar refractivity (Wildman–Crippen MR) is 68.6 cm³/mol. The van der Waals surface area contributed by atoms with Gasteiger partial charge in [0, 0.05) is 11.8 Å². The van der Waals surface area contributed by atoms with Gasteiger partial charge in [-0.3, -0.25) is 4.79 Å². The summed E-state index contributed by atoms with van der Waals surface area (Å²) >= 11 is 0. The van der Waals surface area contributed by atoms with E-state index in [1.807, 2.05) is 6.08 Å². The van der Waals surface area contributed by atoms with E-state index in [0.29, 0.717) is 17.6 Å². The van der Waals surface area contributed by atoms with E-state index in [2.05, 4.69) is 13.5 Å². The van der Waals surface area contributed by atoms with E-state index < -0.39 is 0 Å². The SMILES string of the molecule is C=CCC[C@H]1[C@H](O)CC[C@@]2(C)C(=O)CCC[C@H]12. The first kappa shape index (κ1) is 12.8. The third kappa shape index (κ3) is 2.20. The minimum absolute atomic E-state index is 0.149. The zero-order valence-corrected chi connectivity index (χ0v) is 10.8. The van der Waals surface area contributed by atoms with Crippen LogP contribution in [0.2, 0.25) is 0 Å². The summed E-state index contributed by atoms with van der Waals surface area (Å²) in [4.78, 5) is 12.2. The van der Waals surface area contributed by atoms with Crippen LogP contribution in [-0.2, 0) is 4.79 Å². The molecular weight excluding hydrogens is 212 g/mol. The van der Waals surface area contributed by atoms with Gasteiger partial charge in [0.05, 0.1) is 6.10 Å². The van der Waals surface area contributed by atoms with Crippen LogP contribution in [0.1, 0.15) is 51.9 Å². The van der Waals surface area contributed by atoms with E-state index in [1.54, 1.807) is 0 Å². The number of rotatable bonds is 3. The topological polar surface area (TPSA) is 37.3 Å². The molecule has 0 amide bonds. The highest BCUT2D eigenvalue weighted by atomic mass is 16.3. The largest absolute Gasteiger partial charge is 0.393 e. The van der Waals surface area contributed by atoms with E-state index in [9.17, 15) is 9.90 Å². The van der Waals surface area contributed by atoms with Gasteiger partial charge in [-0.15, -0.1) is 6.58 Å². The second-order valence-corrected chi connectivity index (χ2v) is 5.98. The van der Waals surface area contributed by atoms with Gasteiger partial charge in [-0.25, -0.2) is 0 Å². The van der Waals surface area contributed by atoms with Gasteiger partial charge in [-0.1, -0.05) is 13.0 Å². The van der Waals surface area contributed by atoms with Crippen LogP contribution >= 0.6 is 0 Å². The summed E-state index contributed by atoms with van der Waals surface area (Å²) in [6.07, 6.45) is 8.18. The zero-order valence-electron chi connectivity index (χ0n) is 10.8. The van der Waals surface area contributed by atoms with Crippen LogP contribution in [0.15, 0.2) is 12.7 Å². The van der Waals surface area contributed by atoms with Crippen molar-refractivity contribution in [1.29, 1.82) is 0 Å². The third-order valence-corrected chi connectivity index (χ3v) is 5.05. The molecule has 0 spiro atoms. The molecule has 2 aliphatic carbocycles. The number of carbonyl (C=O) groups excluding carboxylic acids is 1. The molecule has 0 aromatic rings. The zero-order chi connectivity index (χ0) is 12.5. The Morgan fingerprint density at radius 3 is 3.00 bits per heavy atom. The standard InChI is InChI=1S/C15H24O2/c1-3-4-6-11-12-7-5-8-14(17)15(12,2)10-9-13(11)16/h3,11-13,16H,1,4-10H2,2H3/t11-,12-,13-,15-/m1/s1. The van der Waals surface area contributed by atoms with Gasteiger partial charge in [0.2, 0.25) is 0 Å². The van der Waals surface area contributed by atoms with Crippen LogP contribution in [0.25, 0.3) is 0 Å². The number of carbonyl (C=O) groups is 1. The summed E-state index contributed by atoms with van der Waals surface area (Å²) in [5, 5.41) is 10.2. The van der Waals surface area contributed by atoms with Gasteiger partial charge in [-0.2, -0.15) is 0 Å². The van der Waals surface area contributed by atoms with Gasteiger partial charge >= 0.3 is 0 Å². The maximum Gasteiger partial charge on any atom is 0.139 e. The minimum Gasteiger partial charge on any atom is -0.393 e. The number of aliphatic hydroxyl groups excluding tert-OH is 1. The van der Waals surface area contributed by atoms with E-state index in [0.717, 1.165) is 44.9 Å². The molecule has 2 aliphatic rings. The maximum absolute atomic E-state index is 12.2. The third-order valence-electron chi connectivity index (χ3n) is 5.05. The van der Waals surface area contributed by atoms with Crippen molar-refractivity contribution >= 4 is 5.78 Å². The lowest BCUT2D eigenvalue weighted by atomic mass is 9.54. The number of allylic oxidation sites excluding steroid dienone is 1. The fourth-order valence-corrected chi connectivity index (χ4v) is 3.94. The second-order valence-electron chi connectivity index (χ2n) is 5.98. The Labute approximate surface area is 104 Å². The van der Waals surface area contributed by atoms with Gasteiger partial charge in [0.1, 0.15) is 5.78 Å². The Kier molecular flexibility index (Phi) is 3.72. The van der Waals surface area contributed by atoms with Crippen molar-refractivity contribution in [2.24, 2.45) is 17.3 Å². The molecule has 0 heterocycles. The van der Waals surface area contributed by atoms with Crippen molar-refractivity contribution in [3.8, 4) is 0 Å². The van der Waals surface area contributed by atoms with Crippen molar-refractivity contribution in [1.82, 2.24) is 0 Å². The van der Waals surface area contributed by atoms with Crippen molar-refractivity contribution in [2.75, 3.05) is 0 Å². The Morgan fingerprint density at radius 1 is 1.53 bits per heavy atom. The smallest absolute Gasteiger partial charge is 0.139 e. The Balaban J connectivity index is 2.18. The van der Waals surface area contributed by atoms with Crippen molar-refractivity contribution in [3.63, 3.8) is 0 Å². The quantitative estimate of drug-likeness (QED) is 0.764. The highest BCUT2D eigenvalue weighted by molar-refractivity contribution is 5.85. The molecular formula is C15H24O2. The average molecular weight is 236 g/mol. The maximum atomic E-state index is 12.2. The van der Waals surface area contributed by atoms with Crippen LogP contribution in [0, 0.1) is 17.3 Å². The molecule has 2 nitrogen and oxygen atoms in total. The Bertz CT molecular complexity index is 310. The monoisotopic (exact) mass is 236 g/mol. The number of fused-ring (bicyclic) bond motifs is 1. The molecule has 0 saturated heterocycles. The molecule has 2 heteroatoms. The summed E-state index contributed by atoms with van der Waals surface area (Å²) in [6.45, 7) is 5.89. The van der Waals surface area contributed by atoms with Crippen molar-refractivity contribution in [2.45, 2.75) is 58.0 Å². The van der Waals surface area contributed by atoms with Crippen LogP contribution in [0.5, 0.6) is 0 Å².